The van der Waals surface area contributed by atoms with Crippen molar-refractivity contribution in [3.63, 3.8) is 0 Å². The second-order valence-corrected chi connectivity index (χ2v) is 5.64. The van der Waals surface area contributed by atoms with Gasteiger partial charge in [-0.2, -0.15) is 0 Å². The Kier molecular flexibility index (Phi) is 5.55. The molecule has 0 bridgehead atoms. The smallest absolute Gasteiger partial charge is 0.279 e. The van der Waals surface area contributed by atoms with E-state index in [1.54, 1.807) is 24.3 Å². The van der Waals surface area contributed by atoms with Crippen molar-refractivity contribution in [3.8, 4) is 17.2 Å². The summed E-state index contributed by atoms with van der Waals surface area (Å²) in [7, 11) is 0. The molecule has 1 aliphatic rings. The maximum atomic E-state index is 12.9. The molecule has 0 saturated heterocycles. The van der Waals surface area contributed by atoms with E-state index < -0.39 is 23.7 Å². The van der Waals surface area contributed by atoms with Gasteiger partial charge in [0.25, 0.3) is 11.8 Å². The van der Waals surface area contributed by atoms with Gasteiger partial charge in [-0.15, -0.1) is 0 Å². The lowest BCUT2D eigenvalue weighted by atomic mass is 10.2. The fourth-order valence-electron chi connectivity index (χ4n) is 2.23. The minimum absolute atomic E-state index is 0.174. The van der Waals surface area contributed by atoms with Crippen LogP contribution in [0.3, 0.4) is 0 Å². The maximum absolute atomic E-state index is 12.9. The van der Waals surface area contributed by atoms with Gasteiger partial charge >= 0.3 is 0 Å². The van der Waals surface area contributed by atoms with Gasteiger partial charge in [-0.05, 0) is 55.0 Å². The number of benzene rings is 2. The Hall–Kier alpha value is -3.55. The van der Waals surface area contributed by atoms with E-state index in [-0.39, 0.29) is 6.79 Å². The molecule has 0 aromatic heterocycles. The average molecular weight is 372 g/mol. The van der Waals surface area contributed by atoms with E-state index in [2.05, 4.69) is 10.9 Å². The number of hydrazine groups is 1. The van der Waals surface area contributed by atoms with Crippen LogP contribution in [0.4, 0.5) is 4.39 Å². The maximum Gasteiger partial charge on any atom is 0.279 e. The van der Waals surface area contributed by atoms with E-state index in [0.29, 0.717) is 17.2 Å². The monoisotopic (exact) mass is 372 g/mol. The highest BCUT2D eigenvalue weighted by Crippen LogP contribution is 2.32. The number of halogens is 1. The number of amides is 2. The van der Waals surface area contributed by atoms with Crippen LogP contribution < -0.4 is 25.1 Å². The molecule has 2 aromatic rings. The molecular weight excluding hydrogens is 355 g/mol. The molecule has 0 spiro atoms. The Morgan fingerprint density at radius 3 is 2.63 bits per heavy atom. The van der Waals surface area contributed by atoms with Crippen molar-refractivity contribution in [2.75, 3.05) is 6.79 Å². The molecule has 0 aliphatic carbocycles. The van der Waals surface area contributed by atoms with Crippen LogP contribution in [0.5, 0.6) is 17.2 Å². The van der Waals surface area contributed by atoms with Crippen LogP contribution in [-0.2, 0) is 9.59 Å². The number of hydrogen-bond donors (Lipinski definition) is 2. The summed E-state index contributed by atoms with van der Waals surface area (Å²) in [5.41, 5.74) is 5.26. The van der Waals surface area contributed by atoms with E-state index in [4.69, 9.17) is 14.2 Å². The average Bonchev–Trinajstić information content (AvgIpc) is 3.14. The molecule has 2 amide bonds. The van der Waals surface area contributed by atoms with Crippen LogP contribution in [0.15, 0.2) is 48.5 Å². The molecule has 1 heterocycles. The SMILES string of the molecule is C[C@H](Oc1ccc(F)cc1)C(=O)NNC(=O)/C=C/c1ccc2c(c1)OCO2. The molecule has 1 atom stereocenters. The van der Waals surface area contributed by atoms with Crippen molar-refractivity contribution in [1.82, 2.24) is 10.9 Å². The Labute approximate surface area is 154 Å². The van der Waals surface area contributed by atoms with E-state index in [1.807, 2.05) is 0 Å². The van der Waals surface area contributed by atoms with Gasteiger partial charge in [0.05, 0.1) is 0 Å². The Morgan fingerprint density at radius 2 is 1.85 bits per heavy atom. The quantitative estimate of drug-likeness (QED) is 0.621. The fraction of sp³-hybridized carbons (Fsp3) is 0.158. The number of rotatable bonds is 5. The first-order valence-corrected chi connectivity index (χ1v) is 8.11. The van der Waals surface area contributed by atoms with Crippen LogP contribution >= 0.6 is 0 Å². The zero-order valence-corrected chi connectivity index (χ0v) is 14.4. The predicted octanol–water partition coefficient (Wildman–Crippen LogP) is 2.18. The first kappa shape index (κ1) is 18.2. The molecule has 1 aliphatic heterocycles. The third kappa shape index (κ3) is 4.97. The van der Waals surface area contributed by atoms with Crippen molar-refractivity contribution in [2.24, 2.45) is 0 Å². The fourth-order valence-corrected chi connectivity index (χ4v) is 2.23. The second kappa shape index (κ2) is 8.22. The van der Waals surface area contributed by atoms with E-state index >= 15 is 0 Å². The van der Waals surface area contributed by atoms with Crippen molar-refractivity contribution >= 4 is 17.9 Å². The van der Waals surface area contributed by atoms with Crippen LogP contribution in [0.1, 0.15) is 12.5 Å². The van der Waals surface area contributed by atoms with Crippen molar-refractivity contribution in [3.05, 3.63) is 59.9 Å². The van der Waals surface area contributed by atoms with Gasteiger partial charge in [0, 0.05) is 6.08 Å². The van der Waals surface area contributed by atoms with Gasteiger partial charge in [0.1, 0.15) is 11.6 Å². The Morgan fingerprint density at radius 1 is 1.11 bits per heavy atom. The summed E-state index contributed by atoms with van der Waals surface area (Å²) >= 11 is 0. The summed E-state index contributed by atoms with van der Waals surface area (Å²) in [6.45, 7) is 1.68. The molecule has 3 rings (SSSR count). The standard InChI is InChI=1S/C19H17FN2O5/c1-12(27-15-6-4-14(20)5-7-15)19(24)22-21-18(23)9-3-13-2-8-16-17(10-13)26-11-25-16/h2-10,12H,11H2,1H3,(H,21,23)(H,22,24)/b9-3+/t12-/m0/s1. The summed E-state index contributed by atoms with van der Waals surface area (Å²) in [6.07, 6.45) is 1.96. The highest BCUT2D eigenvalue weighted by Gasteiger charge is 2.15. The largest absolute Gasteiger partial charge is 0.481 e. The first-order chi connectivity index (χ1) is 13.0. The van der Waals surface area contributed by atoms with Crippen molar-refractivity contribution in [2.45, 2.75) is 13.0 Å². The van der Waals surface area contributed by atoms with E-state index in [0.717, 1.165) is 5.56 Å². The summed E-state index contributed by atoms with van der Waals surface area (Å²) in [4.78, 5) is 23.8. The lowest BCUT2D eigenvalue weighted by Gasteiger charge is -2.14. The Bertz CT molecular complexity index is 867. The Balaban J connectivity index is 1.46. The van der Waals surface area contributed by atoms with Crippen LogP contribution in [0, 0.1) is 5.82 Å². The number of carbonyl (C=O) groups excluding carboxylic acids is 2. The summed E-state index contributed by atoms with van der Waals surface area (Å²) in [5, 5.41) is 0. The molecule has 27 heavy (non-hydrogen) atoms. The van der Waals surface area contributed by atoms with E-state index in [9.17, 15) is 14.0 Å². The molecule has 2 N–H and O–H groups in total. The number of ether oxygens (including phenoxy) is 3. The summed E-state index contributed by atoms with van der Waals surface area (Å²) in [6, 6.07) is 10.5. The highest BCUT2D eigenvalue weighted by atomic mass is 19.1. The molecular formula is C19H17FN2O5. The van der Waals surface area contributed by atoms with Crippen LogP contribution in [0.2, 0.25) is 0 Å². The number of hydrogen-bond acceptors (Lipinski definition) is 5. The molecule has 140 valence electrons. The molecule has 0 unspecified atom stereocenters. The summed E-state index contributed by atoms with van der Waals surface area (Å²) in [5.74, 6) is 0.129. The number of nitrogens with one attached hydrogen (secondary N) is 2. The zero-order valence-electron chi connectivity index (χ0n) is 14.4. The zero-order chi connectivity index (χ0) is 19.2. The van der Waals surface area contributed by atoms with Crippen LogP contribution in [-0.4, -0.2) is 24.7 Å². The van der Waals surface area contributed by atoms with Gasteiger partial charge < -0.3 is 14.2 Å². The normalized spacial score (nSPS) is 13.3. The van der Waals surface area contributed by atoms with Gasteiger partial charge in [0.15, 0.2) is 17.6 Å². The first-order valence-electron chi connectivity index (χ1n) is 8.11. The van der Waals surface area contributed by atoms with Gasteiger partial charge in [-0.25, -0.2) is 4.39 Å². The lowest BCUT2D eigenvalue weighted by Crippen LogP contribution is -2.46. The molecule has 7 nitrogen and oxygen atoms in total. The van der Waals surface area contributed by atoms with Crippen molar-refractivity contribution < 1.29 is 28.2 Å². The van der Waals surface area contributed by atoms with Gasteiger partial charge in [0.2, 0.25) is 6.79 Å². The molecule has 0 saturated carbocycles. The molecule has 8 heteroatoms. The minimum Gasteiger partial charge on any atom is -0.481 e. The topological polar surface area (TPSA) is 85.9 Å². The van der Waals surface area contributed by atoms with Crippen LogP contribution in [0.25, 0.3) is 6.08 Å². The molecule has 0 radical (unpaired) electrons. The third-order valence-electron chi connectivity index (χ3n) is 3.63. The number of fused-ring (bicyclic) bond motifs is 1. The molecule has 0 fully saturated rings. The third-order valence-corrected chi connectivity index (χ3v) is 3.63. The predicted molar refractivity (Wildman–Crippen MR) is 94.4 cm³/mol. The van der Waals surface area contributed by atoms with E-state index in [1.165, 1.54) is 37.3 Å². The lowest BCUT2D eigenvalue weighted by molar-refractivity contribution is -0.131. The number of carbonyl (C=O) groups is 2. The summed E-state index contributed by atoms with van der Waals surface area (Å²) < 4.78 is 28.7. The van der Waals surface area contributed by atoms with Gasteiger partial charge in [-0.3, -0.25) is 20.4 Å². The second-order valence-electron chi connectivity index (χ2n) is 5.64. The van der Waals surface area contributed by atoms with Gasteiger partial charge in [-0.1, -0.05) is 6.07 Å². The highest BCUT2D eigenvalue weighted by molar-refractivity contribution is 5.93. The minimum atomic E-state index is -0.881. The van der Waals surface area contributed by atoms with Crippen molar-refractivity contribution in [1.29, 1.82) is 0 Å². The molecule has 2 aromatic carbocycles.